The van der Waals surface area contributed by atoms with E-state index in [-0.39, 0.29) is 17.7 Å². The number of benzene rings is 1. The second-order valence-electron chi connectivity index (χ2n) is 5.53. The van der Waals surface area contributed by atoms with Crippen LogP contribution < -0.4 is 5.73 Å². The van der Waals surface area contributed by atoms with Crippen LogP contribution in [0, 0.1) is 11.6 Å². The molecule has 10 heteroatoms. The zero-order valence-electron chi connectivity index (χ0n) is 13.8. The lowest BCUT2D eigenvalue weighted by Gasteiger charge is -2.11. The number of anilines is 1. The highest BCUT2D eigenvalue weighted by atomic mass is 35.5. The molecule has 0 amide bonds. The first-order valence-corrected chi connectivity index (χ1v) is 7.85. The Hall–Kier alpha value is -3.04. The van der Waals surface area contributed by atoms with Gasteiger partial charge >= 0.3 is 5.97 Å². The summed E-state index contributed by atoms with van der Waals surface area (Å²) in [6, 6.07) is 4.16. The van der Waals surface area contributed by atoms with Gasteiger partial charge in [0.05, 0.1) is 16.2 Å². The minimum Gasteiger partial charge on any atom is -0.476 e. The highest BCUT2D eigenvalue weighted by Crippen LogP contribution is 2.35. The van der Waals surface area contributed by atoms with Crippen LogP contribution in [-0.2, 0) is 4.74 Å². The van der Waals surface area contributed by atoms with Crippen LogP contribution in [0.5, 0.6) is 0 Å². The van der Waals surface area contributed by atoms with Gasteiger partial charge in [0.25, 0.3) is 5.91 Å². The van der Waals surface area contributed by atoms with Crippen molar-refractivity contribution in [3.8, 4) is 11.3 Å². The number of nitrogens with two attached hydrogens (primary N) is 1. The van der Waals surface area contributed by atoms with E-state index in [4.69, 9.17) is 27.2 Å². The molecule has 140 valence electrons. The summed E-state index contributed by atoms with van der Waals surface area (Å²) in [6.07, 6.45) is 1.35. The molecular weight excluding hydrogens is 384 g/mol. The second kappa shape index (κ2) is 6.93. The van der Waals surface area contributed by atoms with E-state index in [0.29, 0.717) is 5.39 Å². The maximum absolute atomic E-state index is 15.2. The van der Waals surface area contributed by atoms with Crippen LogP contribution in [0.3, 0.4) is 0 Å². The van der Waals surface area contributed by atoms with Gasteiger partial charge in [0, 0.05) is 24.3 Å². The summed E-state index contributed by atoms with van der Waals surface area (Å²) in [7, 11) is 1.31. The number of aromatic carboxylic acids is 1. The van der Waals surface area contributed by atoms with Crippen LogP contribution in [0.2, 0.25) is 5.02 Å². The quantitative estimate of drug-likeness (QED) is 0.702. The zero-order valence-corrected chi connectivity index (χ0v) is 14.6. The largest absolute Gasteiger partial charge is 0.476 e. The number of carbonyl (C=O) groups excluding carboxylic acids is 1. The van der Waals surface area contributed by atoms with Gasteiger partial charge in [-0.2, -0.15) is 0 Å². The Morgan fingerprint density at radius 2 is 2.00 bits per heavy atom. The number of carboxylic acid groups (broad SMARTS) is 1. The van der Waals surface area contributed by atoms with E-state index in [9.17, 15) is 14.0 Å². The average Bonchev–Trinajstić information content (AvgIpc) is 3.06. The van der Waals surface area contributed by atoms with Crippen molar-refractivity contribution in [1.29, 1.82) is 0 Å². The summed E-state index contributed by atoms with van der Waals surface area (Å²) >= 11 is 5.71. The van der Waals surface area contributed by atoms with Gasteiger partial charge in [0.1, 0.15) is 12.3 Å². The molecule has 0 spiro atoms. The number of hydrogen-bond donors (Lipinski definition) is 2. The Labute approximate surface area is 155 Å². The molecule has 0 radical (unpaired) electrons. The number of nitrogen functional groups attached to an aromatic ring is 1. The molecule has 0 aliphatic heterocycles. The summed E-state index contributed by atoms with van der Waals surface area (Å²) in [4.78, 5) is 27.0. The summed E-state index contributed by atoms with van der Waals surface area (Å²) in [5.74, 6) is -4.22. The van der Waals surface area contributed by atoms with Gasteiger partial charge in [-0.1, -0.05) is 17.7 Å². The summed E-state index contributed by atoms with van der Waals surface area (Å²) < 4.78 is 35.5. The number of pyridine rings is 1. The third-order valence-electron chi connectivity index (χ3n) is 3.90. The molecule has 0 aliphatic carbocycles. The number of hydrogen-bond acceptors (Lipinski definition) is 5. The lowest BCUT2D eigenvalue weighted by Crippen LogP contribution is -2.16. The highest BCUT2D eigenvalue weighted by molar-refractivity contribution is 6.35. The van der Waals surface area contributed by atoms with Crippen LogP contribution in [-0.4, -0.2) is 40.3 Å². The van der Waals surface area contributed by atoms with E-state index in [1.165, 1.54) is 31.5 Å². The van der Waals surface area contributed by atoms with Crippen LogP contribution in [0.25, 0.3) is 22.2 Å². The molecule has 0 atom stereocenters. The fourth-order valence-electron chi connectivity index (χ4n) is 2.65. The molecule has 1 aromatic carbocycles. The molecule has 3 N–H and O–H groups in total. The maximum Gasteiger partial charge on any atom is 0.356 e. The van der Waals surface area contributed by atoms with Crippen molar-refractivity contribution in [3.63, 3.8) is 0 Å². The number of ether oxygens (including phenoxy) is 1. The van der Waals surface area contributed by atoms with Crippen molar-refractivity contribution in [2.24, 2.45) is 0 Å². The molecule has 2 heterocycles. The van der Waals surface area contributed by atoms with Crippen molar-refractivity contribution in [3.05, 3.63) is 46.7 Å². The van der Waals surface area contributed by atoms with Gasteiger partial charge < -0.3 is 15.6 Å². The van der Waals surface area contributed by atoms with E-state index < -0.39 is 45.6 Å². The number of rotatable bonds is 4. The first-order valence-electron chi connectivity index (χ1n) is 7.47. The van der Waals surface area contributed by atoms with Crippen LogP contribution in [0.15, 0.2) is 24.4 Å². The van der Waals surface area contributed by atoms with Crippen molar-refractivity contribution >= 4 is 40.1 Å². The van der Waals surface area contributed by atoms with E-state index in [1.807, 2.05) is 0 Å². The fraction of sp³-hybridized carbons (Fsp3) is 0.118. The first kappa shape index (κ1) is 18.7. The van der Waals surface area contributed by atoms with Crippen LogP contribution >= 0.6 is 11.6 Å². The van der Waals surface area contributed by atoms with Gasteiger partial charge in [0.2, 0.25) is 0 Å². The Balaban J connectivity index is 2.30. The van der Waals surface area contributed by atoms with E-state index in [2.05, 4.69) is 4.98 Å². The number of carbonyl (C=O) groups is 2. The maximum atomic E-state index is 15.2. The fourth-order valence-corrected chi connectivity index (χ4v) is 2.86. The molecule has 0 aliphatic rings. The Morgan fingerprint density at radius 1 is 1.30 bits per heavy atom. The Bertz CT molecular complexity index is 1100. The molecular formula is C17H12ClF2N3O4. The number of carboxylic acids is 1. The van der Waals surface area contributed by atoms with E-state index in [1.54, 1.807) is 0 Å². The minimum absolute atomic E-state index is 0.124. The van der Waals surface area contributed by atoms with Crippen LogP contribution in [0.4, 0.5) is 14.5 Å². The molecule has 0 bridgehead atoms. The number of halogens is 3. The third kappa shape index (κ3) is 3.00. The summed E-state index contributed by atoms with van der Waals surface area (Å²) in [6.45, 7) is -0.295. The molecule has 3 rings (SSSR count). The first-order chi connectivity index (χ1) is 12.8. The molecule has 2 aromatic heterocycles. The van der Waals surface area contributed by atoms with Gasteiger partial charge in [0.15, 0.2) is 17.3 Å². The molecule has 7 nitrogen and oxygen atoms in total. The topological polar surface area (TPSA) is 107 Å². The molecule has 0 fully saturated rings. The van der Waals surface area contributed by atoms with Crippen molar-refractivity contribution < 1.29 is 28.2 Å². The lowest BCUT2D eigenvalue weighted by molar-refractivity contribution is 0.0690. The van der Waals surface area contributed by atoms with E-state index in [0.717, 1.165) is 4.57 Å². The molecule has 3 aromatic rings. The average molecular weight is 396 g/mol. The summed E-state index contributed by atoms with van der Waals surface area (Å²) in [5.41, 5.74) is 3.02. The van der Waals surface area contributed by atoms with Gasteiger partial charge in [-0.25, -0.2) is 18.6 Å². The molecule has 27 heavy (non-hydrogen) atoms. The number of aromatic nitrogens is 2. The normalized spacial score (nSPS) is 11.1. The Morgan fingerprint density at radius 3 is 2.63 bits per heavy atom. The molecule has 0 unspecified atom stereocenters. The zero-order chi connectivity index (χ0) is 19.9. The highest BCUT2D eigenvalue weighted by Gasteiger charge is 2.25. The van der Waals surface area contributed by atoms with E-state index >= 15 is 4.39 Å². The lowest BCUT2D eigenvalue weighted by atomic mass is 10.1. The standard InChI is InChI=1S/C17H12ClF2N3O4/c1-27-6-9(24)23-5-4-7-2-3-8(11(19)16(7)23)14-12(20)13(21)10(18)15(22-14)17(25)26/h2-5H,6H2,1H3,(H2,21,22)(H,25,26). The smallest absolute Gasteiger partial charge is 0.356 e. The van der Waals surface area contributed by atoms with Crippen molar-refractivity contribution in [2.45, 2.75) is 0 Å². The molecule has 0 saturated heterocycles. The van der Waals surface area contributed by atoms with Crippen molar-refractivity contribution in [1.82, 2.24) is 9.55 Å². The van der Waals surface area contributed by atoms with Crippen molar-refractivity contribution in [2.75, 3.05) is 19.5 Å². The SMILES string of the molecule is COCC(=O)n1ccc2ccc(-c3nc(C(=O)O)c(Cl)c(N)c3F)c(F)c21. The summed E-state index contributed by atoms with van der Waals surface area (Å²) in [5, 5.41) is 8.95. The molecule has 0 saturated carbocycles. The number of nitrogens with zero attached hydrogens (tertiary/aromatic N) is 2. The number of methoxy groups -OCH3 is 1. The van der Waals surface area contributed by atoms with Gasteiger partial charge in [-0.3, -0.25) is 9.36 Å². The second-order valence-corrected chi connectivity index (χ2v) is 5.91. The third-order valence-corrected chi connectivity index (χ3v) is 4.28. The predicted molar refractivity (Wildman–Crippen MR) is 94.0 cm³/mol. The van der Waals surface area contributed by atoms with Gasteiger partial charge in [-0.15, -0.1) is 0 Å². The minimum atomic E-state index is -1.55. The van der Waals surface area contributed by atoms with Gasteiger partial charge in [-0.05, 0) is 12.1 Å². The Kier molecular flexibility index (Phi) is 4.81. The van der Waals surface area contributed by atoms with Crippen LogP contribution in [0.1, 0.15) is 15.3 Å². The predicted octanol–water partition coefficient (Wildman–Crippen LogP) is 3.20. The monoisotopic (exact) mass is 395 g/mol. The number of fused-ring (bicyclic) bond motifs is 1.